The Bertz CT molecular complexity index is 981. The number of carbonyl (C=O) groups is 1. The lowest BCUT2D eigenvalue weighted by molar-refractivity contribution is 0.102. The molecule has 1 amide bonds. The molecule has 8 heteroatoms. The van der Waals surface area contributed by atoms with E-state index < -0.39 is 0 Å². The van der Waals surface area contributed by atoms with E-state index in [1.165, 1.54) is 0 Å². The second-order valence-electron chi connectivity index (χ2n) is 6.30. The maximum atomic E-state index is 12.8. The van der Waals surface area contributed by atoms with Crippen LogP contribution in [0.2, 0.25) is 5.02 Å². The maximum absolute atomic E-state index is 12.8. The molecule has 1 saturated heterocycles. The third-order valence-electron chi connectivity index (χ3n) is 4.64. The first-order valence-electron chi connectivity index (χ1n) is 8.93. The van der Waals surface area contributed by atoms with Gasteiger partial charge in [0.1, 0.15) is 5.52 Å². The number of aromatic nitrogens is 3. The number of fused-ring (bicyclic) bond motifs is 1. The van der Waals surface area contributed by atoms with Crippen LogP contribution in [0.4, 0.5) is 11.4 Å². The fourth-order valence-corrected chi connectivity index (χ4v) is 3.56. The fourth-order valence-electron chi connectivity index (χ4n) is 3.27. The molecule has 7 nitrogen and oxygen atoms in total. The molecule has 0 unspecified atom stereocenters. The van der Waals surface area contributed by atoms with Crippen molar-refractivity contribution in [2.24, 2.45) is 0 Å². The number of amides is 1. The molecular weight excluding hydrogens is 366 g/mol. The summed E-state index contributed by atoms with van der Waals surface area (Å²) in [6.07, 6.45) is 0. The van der Waals surface area contributed by atoms with Crippen LogP contribution in [0.15, 0.2) is 36.4 Å². The van der Waals surface area contributed by atoms with E-state index in [0.717, 1.165) is 30.8 Å². The molecule has 2 heterocycles. The molecule has 0 saturated carbocycles. The smallest absolute Gasteiger partial charge is 0.255 e. The number of anilines is 2. The van der Waals surface area contributed by atoms with Crippen LogP contribution in [0.3, 0.4) is 0 Å². The minimum absolute atomic E-state index is 0.209. The zero-order valence-electron chi connectivity index (χ0n) is 15.0. The first kappa shape index (κ1) is 17.8. The Morgan fingerprint density at radius 1 is 1.26 bits per heavy atom. The Morgan fingerprint density at radius 2 is 2.07 bits per heavy atom. The topological polar surface area (TPSA) is 72.3 Å². The number of halogens is 1. The van der Waals surface area contributed by atoms with Crippen LogP contribution in [0.1, 0.15) is 17.3 Å². The standard InChI is InChI=1S/C19H20ClN5O2/c1-2-25-17-7-6-13(12-16(17)22-23-25)19(26)21-15-5-3-4-14(20)18(15)24-8-10-27-11-9-24/h3-7,12H,2,8-11H2,1H3,(H,21,26). The molecule has 1 fully saturated rings. The lowest BCUT2D eigenvalue weighted by atomic mass is 10.1. The Morgan fingerprint density at radius 3 is 2.85 bits per heavy atom. The number of para-hydroxylation sites is 1. The van der Waals surface area contributed by atoms with Gasteiger partial charge in [0.15, 0.2) is 0 Å². The summed E-state index contributed by atoms with van der Waals surface area (Å²) in [7, 11) is 0. The highest BCUT2D eigenvalue weighted by atomic mass is 35.5. The van der Waals surface area contributed by atoms with Crippen molar-refractivity contribution in [1.29, 1.82) is 0 Å². The number of nitrogens with zero attached hydrogens (tertiary/aromatic N) is 4. The summed E-state index contributed by atoms with van der Waals surface area (Å²) in [5.74, 6) is -0.209. The minimum atomic E-state index is -0.209. The SMILES string of the molecule is CCn1nnc2cc(C(=O)Nc3cccc(Cl)c3N3CCOCC3)ccc21. The molecule has 0 atom stereocenters. The Kier molecular flexibility index (Phi) is 4.96. The summed E-state index contributed by atoms with van der Waals surface area (Å²) in [6.45, 7) is 5.48. The van der Waals surface area contributed by atoms with Crippen molar-refractivity contribution in [3.63, 3.8) is 0 Å². The number of ether oxygens (including phenoxy) is 1. The number of morpholine rings is 1. The van der Waals surface area contributed by atoms with Crippen LogP contribution in [-0.4, -0.2) is 47.2 Å². The van der Waals surface area contributed by atoms with Gasteiger partial charge in [-0.3, -0.25) is 4.79 Å². The van der Waals surface area contributed by atoms with Gasteiger partial charge < -0.3 is 15.0 Å². The van der Waals surface area contributed by atoms with Gasteiger partial charge in [-0.25, -0.2) is 4.68 Å². The number of rotatable bonds is 4. The van der Waals surface area contributed by atoms with Crippen LogP contribution in [0.5, 0.6) is 0 Å². The molecule has 1 aliphatic heterocycles. The molecule has 140 valence electrons. The van der Waals surface area contributed by atoms with Gasteiger partial charge >= 0.3 is 0 Å². The van der Waals surface area contributed by atoms with Gasteiger partial charge in [0.05, 0.1) is 35.1 Å². The van der Waals surface area contributed by atoms with Crippen molar-refractivity contribution < 1.29 is 9.53 Å². The number of hydrogen-bond donors (Lipinski definition) is 1. The number of carbonyl (C=O) groups excluding carboxylic acids is 1. The normalized spacial score (nSPS) is 14.5. The molecule has 0 spiro atoms. The molecule has 1 aliphatic rings. The zero-order chi connectivity index (χ0) is 18.8. The summed E-state index contributed by atoms with van der Waals surface area (Å²) in [5, 5.41) is 11.8. The summed E-state index contributed by atoms with van der Waals surface area (Å²) < 4.78 is 7.21. The Labute approximate surface area is 161 Å². The number of aryl methyl sites for hydroxylation is 1. The second-order valence-corrected chi connectivity index (χ2v) is 6.71. The first-order valence-corrected chi connectivity index (χ1v) is 9.31. The molecular formula is C19H20ClN5O2. The number of hydrogen-bond acceptors (Lipinski definition) is 5. The van der Waals surface area contributed by atoms with Crippen LogP contribution in [0.25, 0.3) is 11.0 Å². The van der Waals surface area contributed by atoms with Crippen molar-refractivity contribution >= 4 is 39.9 Å². The number of nitrogens with one attached hydrogen (secondary N) is 1. The average molecular weight is 386 g/mol. The van der Waals surface area contributed by atoms with Gasteiger partial charge in [0.25, 0.3) is 5.91 Å². The molecule has 2 aromatic carbocycles. The second kappa shape index (κ2) is 7.54. The lowest BCUT2D eigenvalue weighted by Gasteiger charge is -2.31. The molecule has 0 aliphatic carbocycles. The summed E-state index contributed by atoms with van der Waals surface area (Å²) in [6, 6.07) is 10.9. The van der Waals surface area contributed by atoms with Crippen LogP contribution in [0, 0.1) is 0 Å². The van der Waals surface area contributed by atoms with E-state index in [-0.39, 0.29) is 5.91 Å². The number of benzene rings is 2. The molecule has 3 aromatic rings. The highest BCUT2D eigenvalue weighted by Gasteiger charge is 2.19. The maximum Gasteiger partial charge on any atom is 0.255 e. The quantitative estimate of drug-likeness (QED) is 0.746. The van der Waals surface area contributed by atoms with E-state index in [9.17, 15) is 4.79 Å². The summed E-state index contributed by atoms with van der Waals surface area (Å²) in [5.41, 5.74) is 3.65. The average Bonchev–Trinajstić information content (AvgIpc) is 3.11. The largest absolute Gasteiger partial charge is 0.378 e. The van der Waals surface area contributed by atoms with Crippen molar-refractivity contribution in [2.75, 3.05) is 36.5 Å². The van der Waals surface area contributed by atoms with Crippen LogP contribution < -0.4 is 10.2 Å². The molecule has 0 radical (unpaired) electrons. The predicted octanol–water partition coefficient (Wildman–Crippen LogP) is 3.19. The van der Waals surface area contributed by atoms with Gasteiger partial charge in [0.2, 0.25) is 0 Å². The zero-order valence-corrected chi connectivity index (χ0v) is 15.7. The highest BCUT2D eigenvalue weighted by Crippen LogP contribution is 2.34. The predicted molar refractivity (Wildman–Crippen MR) is 106 cm³/mol. The third kappa shape index (κ3) is 3.48. The van der Waals surface area contributed by atoms with E-state index in [0.29, 0.717) is 35.0 Å². The minimum Gasteiger partial charge on any atom is -0.378 e. The van der Waals surface area contributed by atoms with E-state index in [4.69, 9.17) is 16.3 Å². The van der Waals surface area contributed by atoms with Crippen molar-refractivity contribution in [2.45, 2.75) is 13.5 Å². The monoisotopic (exact) mass is 385 g/mol. The molecule has 0 bridgehead atoms. The Balaban J connectivity index is 1.62. The van der Waals surface area contributed by atoms with Gasteiger partial charge in [-0.1, -0.05) is 22.9 Å². The van der Waals surface area contributed by atoms with Crippen molar-refractivity contribution in [3.05, 3.63) is 47.0 Å². The van der Waals surface area contributed by atoms with Crippen LogP contribution in [-0.2, 0) is 11.3 Å². The Hall–Kier alpha value is -2.64. The summed E-state index contributed by atoms with van der Waals surface area (Å²) in [4.78, 5) is 15.0. The van der Waals surface area contributed by atoms with Gasteiger partial charge in [0, 0.05) is 25.2 Å². The van der Waals surface area contributed by atoms with E-state index in [1.54, 1.807) is 16.8 Å². The summed E-state index contributed by atoms with van der Waals surface area (Å²) >= 11 is 6.43. The lowest BCUT2D eigenvalue weighted by Crippen LogP contribution is -2.37. The highest BCUT2D eigenvalue weighted by molar-refractivity contribution is 6.34. The van der Waals surface area contributed by atoms with E-state index in [1.807, 2.05) is 31.2 Å². The molecule has 1 aromatic heterocycles. The van der Waals surface area contributed by atoms with Crippen molar-refractivity contribution in [1.82, 2.24) is 15.0 Å². The fraction of sp³-hybridized carbons (Fsp3) is 0.316. The van der Waals surface area contributed by atoms with Crippen molar-refractivity contribution in [3.8, 4) is 0 Å². The van der Waals surface area contributed by atoms with Crippen LogP contribution >= 0.6 is 11.6 Å². The molecule has 1 N–H and O–H groups in total. The molecule has 4 rings (SSSR count). The van der Waals surface area contributed by atoms with E-state index in [2.05, 4.69) is 20.5 Å². The first-order chi connectivity index (χ1) is 13.2. The third-order valence-corrected chi connectivity index (χ3v) is 4.94. The molecule has 27 heavy (non-hydrogen) atoms. The van der Waals surface area contributed by atoms with Gasteiger partial charge in [-0.15, -0.1) is 5.10 Å². The van der Waals surface area contributed by atoms with E-state index >= 15 is 0 Å². The van der Waals surface area contributed by atoms with Gasteiger partial charge in [-0.05, 0) is 37.3 Å². The van der Waals surface area contributed by atoms with Gasteiger partial charge in [-0.2, -0.15) is 0 Å².